The average molecular weight is 271 g/mol. The summed E-state index contributed by atoms with van der Waals surface area (Å²) in [4.78, 5) is 0. The Morgan fingerprint density at radius 2 is 1.68 bits per heavy atom. The Bertz CT molecular complexity index is 358. The van der Waals surface area contributed by atoms with Crippen molar-refractivity contribution in [3.63, 3.8) is 0 Å². The van der Waals surface area contributed by atoms with Gasteiger partial charge < -0.3 is 29.8 Å². The van der Waals surface area contributed by atoms with Crippen LogP contribution in [0.15, 0.2) is 12.1 Å². The van der Waals surface area contributed by atoms with E-state index in [-0.39, 0.29) is 6.61 Å². The minimum Gasteiger partial charge on any atom is -0.493 e. The van der Waals surface area contributed by atoms with E-state index < -0.39 is 0 Å². The molecule has 1 rings (SSSR count). The third-order valence-corrected chi connectivity index (χ3v) is 2.47. The zero-order valence-electron chi connectivity index (χ0n) is 11.3. The van der Waals surface area contributed by atoms with Gasteiger partial charge in [0.25, 0.3) is 0 Å². The van der Waals surface area contributed by atoms with E-state index in [1.54, 1.807) is 14.2 Å². The number of ether oxygens (including phenoxy) is 4. The van der Waals surface area contributed by atoms with Crippen LogP contribution in [0.5, 0.6) is 17.2 Å². The van der Waals surface area contributed by atoms with Gasteiger partial charge in [-0.15, -0.1) is 0 Å². The number of rotatable bonds is 9. The van der Waals surface area contributed by atoms with Crippen molar-refractivity contribution in [1.29, 1.82) is 0 Å². The Balaban J connectivity index is 2.73. The van der Waals surface area contributed by atoms with Crippen LogP contribution in [-0.4, -0.2) is 45.8 Å². The molecule has 19 heavy (non-hydrogen) atoms. The monoisotopic (exact) mass is 271 g/mol. The molecule has 0 saturated carbocycles. The first-order valence-corrected chi connectivity index (χ1v) is 6.03. The summed E-state index contributed by atoms with van der Waals surface area (Å²) in [5, 5.41) is 8.59. The summed E-state index contributed by atoms with van der Waals surface area (Å²) >= 11 is 0. The molecule has 1 aromatic rings. The second-order valence-electron chi connectivity index (χ2n) is 3.72. The molecule has 0 aliphatic carbocycles. The number of aliphatic hydroxyl groups is 1. The highest BCUT2D eigenvalue weighted by molar-refractivity contribution is 5.53. The highest BCUT2D eigenvalue weighted by Gasteiger charge is 2.13. The van der Waals surface area contributed by atoms with Gasteiger partial charge in [0, 0.05) is 6.54 Å². The van der Waals surface area contributed by atoms with Gasteiger partial charge in [-0.3, -0.25) is 0 Å². The van der Waals surface area contributed by atoms with E-state index in [0.717, 1.165) is 5.56 Å². The second kappa shape index (κ2) is 8.58. The number of hydrogen-bond donors (Lipinski definition) is 2. The third-order valence-electron chi connectivity index (χ3n) is 2.47. The quantitative estimate of drug-likeness (QED) is 0.638. The predicted molar refractivity (Wildman–Crippen MR) is 70.8 cm³/mol. The molecular formula is C13H21NO5. The fourth-order valence-electron chi connectivity index (χ4n) is 1.56. The lowest BCUT2D eigenvalue weighted by molar-refractivity contribution is 0.0692. The standard InChI is InChI=1S/C13H21NO5/c1-16-11-7-10(9-14)8-12(17-2)13(11)19-6-5-18-4-3-15/h7-8,15H,3-6,9,14H2,1-2H3. The molecule has 0 heterocycles. The lowest BCUT2D eigenvalue weighted by Gasteiger charge is -2.15. The van der Waals surface area contributed by atoms with Crippen LogP contribution in [0.3, 0.4) is 0 Å². The van der Waals surface area contributed by atoms with Crippen LogP contribution < -0.4 is 19.9 Å². The molecule has 0 spiro atoms. The SMILES string of the molecule is COc1cc(CN)cc(OC)c1OCCOCCO. The maximum Gasteiger partial charge on any atom is 0.203 e. The van der Waals surface area contributed by atoms with E-state index in [0.29, 0.717) is 43.6 Å². The average Bonchev–Trinajstić information content (AvgIpc) is 2.46. The van der Waals surface area contributed by atoms with Crippen molar-refractivity contribution < 1.29 is 24.1 Å². The summed E-state index contributed by atoms with van der Waals surface area (Å²) in [6, 6.07) is 3.62. The molecule has 0 bridgehead atoms. The van der Waals surface area contributed by atoms with E-state index in [9.17, 15) is 0 Å². The van der Waals surface area contributed by atoms with E-state index >= 15 is 0 Å². The molecule has 6 nitrogen and oxygen atoms in total. The first kappa shape index (κ1) is 15.6. The fraction of sp³-hybridized carbons (Fsp3) is 0.538. The van der Waals surface area contributed by atoms with Crippen molar-refractivity contribution in [2.75, 3.05) is 40.6 Å². The topological polar surface area (TPSA) is 83.2 Å². The van der Waals surface area contributed by atoms with Crippen LogP contribution >= 0.6 is 0 Å². The predicted octanol–water partition coefficient (Wildman–Crippen LogP) is 0.550. The van der Waals surface area contributed by atoms with Crippen LogP contribution in [0, 0.1) is 0 Å². The third kappa shape index (κ3) is 4.59. The Kier molecular flexibility index (Phi) is 7.02. The molecule has 1 aromatic carbocycles. The summed E-state index contributed by atoms with van der Waals surface area (Å²) in [5.74, 6) is 1.67. The van der Waals surface area contributed by atoms with Gasteiger partial charge in [0.1, 0.15) is 6.61 Å². The van der Waals surface area contributed by atoms with E-state index in [1.165, 1.54) is 0 Å². The normalized spacial score (nSPS) is 10.3. The molecule has 0 aromatic heterocycles. The molecule has 0 unspecified atom stereocenters. The van der Waals surface area contributed by atoms with E-state index in [4.69, 9.17) is 29.8 Å². The summed E-state index contributed by atoms with van der Waals surface area (Å²) in [6.45, 7) is 1.41. The lowest BCUT2D eigenvalue weighted by atomic mass is 10.2. The maximum atomic E-state index is 8.59. The van der Waals surface area contributed by atoms with Gasteiger partial charge in [-0.05, 0) is 17.7 Å². The molecule has 0 atom stereocenters. The molecule has 0 fully saturated rings. The number of hydrogen-bond acceptors (Lipinski definition) is 6. The van der Waals surface area contributed by atoms with Crippen molar-refractivity contribution in [3.8, 4) is 17.2 Å². The number of nitrogens with two attached hydrogens (primary N) is 1. The van der Waals surface area contributed by atoms with Gasteiger partial charge in [0.15, 0.2) is 11.5 Å². The Morgan fingerprint density at radius 3 is 2.16 bits per heavy atom. The van der Waals surface area contributed by atoms with Gasteiger partial charge in [-0.25, -0.2) is 0 Å². The molecule has 3 N–H and O–H groups in total. The van der Waals surface area contributed by atoms with Crippen molar-refractivity contribution in [3.05, 3.63) is 17.7 Å². The zero-order valence-corrected chi connectivity index (χ0v) is 11.3. The lowest BCUT2D eigenvalue weighted by Crippen LogP contribution is -2.10. The Labute approximate surface area is 113 Å². The van der Waals surface area contributed by atoms with E-state index in [1.807, 2.05) is 12.1 Å². The molecule has 6 heteroatoms. The van der Waals surface area contributed by atoms with Gasteiger partial charge in [0.05, 0.1) is 34.0 Å². The Morgan fingerprint density at radius 1 is 1.05 bits per heavy atom. The van der Waals surface area contributed by atoms with Crippen molar-refractivity contribution in [1.82, 2.24) is 0 Å². The highest BCUT2D eigenvalue weighted by atomic mass is 16.6. The molecule has 0 radical (unpaired) electrons. The second-order valence-corrected chi connectivity index (χ2v) is 3.72. The largest absolute Gasteiger partial charge is 0.493 e. The van der Waals surface area contributed by atoms with Gasteiger partial charge >= 0.3 is 0 Å². The first-order chi connectivity index (χ1) is 9.26. The number of methoxy groups -OCH3 is 2. The molecule has 0 amide bonds. The van der Waals surface area contributed by atoms with E-state index in [2.05, 4.69) is 0 Å². The fourth-order valence-corrected chi connectivity index (χ4v) is 1.56. The van der Waals surface area contributed by atoms with Crippen LogP contribution in [0.2, 0.25) is 0 Å². The summed E-state index contributed by atoms with van der Waals surface area (Å²) < 4.78 is 21.3. The van der Waals surface area contributed by atoms with Crippen LogP contribution in [-0.2, 0) is 11.3 Å². The number of aliphatic hydroxyl groups excluding tert-OH is 1. The summed E-state index contributed by atoms with van der Waals surface area (Å²) in [5.41, 5.74) is 6.51. The van der Waals surface area contributed by atoms with Crippen LogP contribution in [0.4, 0.5) is 0 Å². The summed E-state index contributed by atoms with van der Waals surface area (Å²) in [7, 11) is 3.12. The first-order valence-electron chi connectivity index (χ1n) is 6.03. The molecule has 108 valence electrons. The molecule has 0 aliphatic rings. The van der Waals surface area contributed by atoms with Gasteiger partial charge in [-0.2, -0.15) is 0 Å². The molecule has 0 aliphatic heterocycles. The maximum absolute atomic E-state index is 8.59. The minimum atomic E-state index is -0.00214. The Hall–Kier alpha value is -1.50. The number of benzene rings is 1. The molecule has 0 saturated heterocycles. The minimum absolute atomic E-state index is 0.00214. The summed E-state index contributed by atoms with van der Waals surface area (Å²) in [6.07, 6.45) is 0. The van der Waals surface area contributed by atoms with Gasteiger partial charge in [-0.1, -0.05) is 0 Å². The van der Waals surface area contributed by atoms with Crippen LogP contribution in [0.25, 0.3) is 0 Å². The molecular weight excluding hydrogens is 250 g/mol. The van der Waals surface area contributed by atoms with Crippen LogP contribution in [0.1, 0.15) is 5.56 Å². The zero-order chi connectivity index (χ0) is 14.1. The highest BCUT2D eigenvalue weighted by Crippen LogP contribution is 2.38. The van der Waals surface area contributed by atoms with Crippen molar-refractivity contribution in [2.24, 2.45) is 5.73 Å². The van der Waals surface area contributed by atoms with Crippen molar-refractivity contribution >= 4 is 0 Å². The van der Waals surface area contributed by atoms with Crippen molar-refractivity contribution in [2.45, 2.75) is 6.54 Å². The van der Waals surface area contributed by atoms with Gasteiger partial charge in [0.2, 0.25) is 5.75 Å². The smallest absolute Gasteiger partial charge is 0.203 e.